The molecule has 0 aromatic carbocycles. The number of amides is 1. The monoisotopic (exact) mass is 482 g/mol. The Labute approximate surface area is 197 Å². The fourth-order valence-electron chi connectivity index (χ4n) is 3.71. The van der Waals surface area contributed by atoms with E-state index in [1.807, 2.05) is 13.8 Å². The first kappa shape index (κ1) is 24.5. The van der Waals surface area contributed by atoms with Gasteiger partial charge in [-0.15, -0.1) is 0 Å². The van der Waals surface area contributed by atoms with Gasteiger partial charge in [0.2, 0.25) is 0 Å². The second-order valence-electron chi connectivity index (χ2n) is 7.72. The number of aromatic amines is 1. The van der Waals surface area contributed by atoms with Crippen molar-refractivity contribution in [3.8, 4) is 0 Å². The molecule has 176 valence electrons. The predicted molar refractivity (Wildman–Crippen MR) is 126 cm³/mol. The van der Waals surface area contributed by atoms with Crippen molar-refractivity contribution in [1.82, 2.24) is 25.6 Å². The second-order valence-corrected chi connectivity index (χ2v) is 9.05. The van der Waals surface area contributed by atoms with Gasteiger partial charge in [0.1, 0.15) is 4.88 Å². The molecule has 2 aromatic heterocycles. The van der Waals surface area contributed by atoms with Crippen LogP contribution in [0.15, 0.2) is 0 Å². The highest BCUT2D eigenvalue weighted by Gasteiger charge is 2.33. The lowest BCUT2D eigenvalue weighted by Crippen LogP contribution is -2.59. The number of aryl methyl sites for hydroxylation is 2. The maximum absolute atomic E-state index is 12.8. The quantitative estimate of drug-likeness (QED) is 0.471. The van der Waals surface area contributed by atoms with E-state index in [1.54, 1.807) is 6.92 Å². The second kappa shape index (κ2) is 11.1. The minimum absolute atomic E-state index is 0.0268. The number of halogens is 1. The summed E-state index contributed by atoms with van der Waals surface area (Å²) in [5.41, 5.74) is 1.43. The van der Waals surface area contributed by atoms with Gasteiger partial charge in [-0.3, -0.25) is 4.79 Å². The van der Waals surface area contributed by atoms with Crippen LogP contribution in [0.3, 0.4) is 0 Å². The van der Waals surface area contributed by atoms with Gasteiger partial charge in [0, 0.05) is 25.2 Å². The first-order valence-corrected chi connectivity index (χ1v) is 12.2. The Kier molecular flexibility index (Phi) is 8.50. The van der Waals surface area contributed by atoms with Crippen LogP contribution in [0.5, 0.6) is 0 Å². The standard InChI is InChI=1S/C21H31ClN6O3S/c1-5-9-23-15-11-28(21-24-12(4)16(32-21)20(30)31-7-3)10-8-14(15)26-19(29)18-25-13(6-2)17(22)27-18/h14-15,23H,5-11H2,1-4H3,(H,25,27)(H,26,29)/t14-,15-/m0/s1. The van der Waals surface area contributed by atoms with E-state index >= 15 is 0 Å². The number of piperidine rings is 1. The van der Waals surface area contributed by atoms with Crippen molar-refractivity contribution in [1.29, 1.82) is 0 Å². The van der Waals surface area contributed by atoms with E-state index < -0.39 is 0 Å². The fraction of sp³-hybridized carbons (Fsp3) is 0.619. The Hall–Kier alpha value is -2.17. The summed E-state index contributed by atoms with van der Waals surface area (Å²) in [6.45, 7) is 10.2. The van der Waals surface area contributed by atoms with Gasteiger partial charge in [0.25, 0.3) is 5.91 Å². The van der Waals surface area contributed by atoms with Gasteiger partial charge in [-0.1, -0.05) is 36.8 Å². The Balaban J connectivity index is 1.71. The normalized spacial score (nSPS) is 18.6. The van der Waals surface area contributed by atoms with Crippen molar-refractivity contribution < 1.29 is 14.3 Å². The van der Waals surface area contributed by atoms with Gasteiger partial charge in [0.15, 0.2) is 16.1 Å². The highest BCUT2D eigenvalue weighted by atomic mass is 35.5. The van der Waals surface area contributed by atoms with Crippen molar-refractivity contribution in [3.05, 3.63) is 27.2 Å². The molecule has 9 nitrogen and oxygen atoms in total. The third-order valence-electron chi connectivity index (χ3n) is 5.40. The first-order chi connectivity index (χ1) is 15.4. The van der Waals surface area contributed by atoms with E-state index in [0.717, 1.165) is 30.2 Å². The number of carbonyl (C=O) groups is 2. The van der Waals surface area contributed by atoms with Crippen LogP contribution in [0.1, 0.15) is 65.3 Å². The van der Waals surface area contributed by atoms with Gasteiger partial charge < -0.3 is 25.3 Å². The molecule has 0 unspecified atom stereocenters. The molecule has 1 amide bonds. The van der Waals surface area contributed by atoms with Crippen molar-refractivity contribution >= 4 is 39.9 Å². The molecule has 1 saturated heterocycles. The minimum atomic E-state index is -0.333. The number of carbonyl (C=O) groups excluding carboxylic acids is 2. The number of hydrogen-bond acceptors (Lipinski definition) is 8. The summed E-state index contributed by atoms with van der Waals surface area (Å²) in [7, 11) is 0. The number of hydrogen-bond donors (Lipinski definition) is 3. The Morgan fingerprint density at radius 3 is 2.72 bits per heavy atom. The largest absolute Gasteiger partial charge is 0.462 e. The summed E-state index contributed by atoms with van der Waals surface area (Å²) >= 11 is 7.45. The topological polar surface area (TPSA) is 112 Å². The molecule has 32 heavy (non-hydrogen) atoms. The third kappa shape index (κ3) is 5.60. The highest BCUT2D eigenvalue weighted by Crippen LogP contribution is 2.29. The van der Waals surface area contributed by atoms with E-state index in [0.29, 0.717) is 41.8 Å². The number of rotatable bonds is 9. The molecule has 0 saturated carbocycles. The first-order valence-electron chi connectivity index (χ1n) is 11.1. The molecule has 1 aliphatic heterocycles. The van der Waals surface area contributed by atoms with Crippen LogP contribution in [-0.2, 0) is 11.2 Å². The average molecular weight is 483 g/mol. The number of nitrogens with zero attached hydrogens (tertiary/aromatic N) is 3. The number of H-pyrrole nitrogens is 1. The zero-order chi connectivity index (χ0) is 23.3. The molecule has 2 aromatic rings. The highest BCUT2D eigenvalue weighted by molar-refractivity contribution is 7.17. The zero-order valence-electron chi connectivity index (χ0n) is 19.0. The summed E-state index contributed by atoms with van der Waals surface area (Å²) in [6.07, 6.45) is 2.39. The molecular formula is C21H31ClN6O3S. The van der Waals surface area contributed by atoms with E-state index in [1.165, 1.54) is 11.3 Å². The Bertz CT molecular complexity index is 946. The summed E-state index contributed by atoms with van der Waals surface area (Å²) < 4.78 is 5.14. The van der Waals surface area contributed by atoms with E-state index in [4.69, 9.17) is 16.3 Å². The molecule has 1 fully saturated rings. The molecule has 1 aliphatic rings. The van der Waals surface area contributed by atoms with Crippen LogP contribution < -0.4 is 15.5 Å². The van der Waals surface area contributed by atoms with Gasteiger partial charge in [0.05, 0.1) is 18.0 Å². The van der Waals surface area contributed by atoms with Crippen LogP contribution in [0.2, 0.25) is 5.15 Å². The molecule has 0 radical (unpaired) electrons. The zero-order valence-corrected chi connectivity index (χ0v) is 20.5. The van der Waals surface area contributed by atoms with E-state index in [9.17, 15) is 9.59 Å². The maximum atomic E-state index is 12.8. The van der Waals surface area contributed by atoms with E-state index in [-0.39, 0.29) is 29.8 Å². The lowest BCUT2D eigenvalue weighted by atomic mass is 9.99. The van der Waals surface area contributed by atoms with Gasteiger partial charge >= 0.3 is 5.97 Å². The number of nitrogens with one attached hydrogen (secondary N) is 3. The third-order valence-corrected chi connectivity index (χ3v) is 6.91. The Morgan fingerprint density at radius 1 is 1.28 bits per heavy atom. The Morgan fingerprint density at radius 2 is 2.06 bits per heavy atom. The van der Waals surface area contributed by atoms with Gasteiger partial charge in [-0.05, 0) is 39.7 Å². The fourth-order valence-corrected chi connectivity index (χ4v) is 4.97. The van der Waals surface area contributed by atoms with Crippen molar-refractivity contribution in [2.24, 2.45) is 0 Å². The number of thiazole rings is 1. The predicted octanol–water partition coefficient (Wildman–Crippen LogP) is 2.94. The molecule has 0 spiro atoms. The van der Waals surface area contributed by atoms with Crippen molar-refractivity contribution in [3.63, 3.8) is 0 Å². The lowest BCUT2D eigenvalue weighted by Gasteiger charge is -2.39. The molecule has 11 heteroatoms. The number of aromatic nitrogens is 3. The minimum Gasteiger partial charge on any atom is -0.462 e. The summed E-state index contributed by atoms with van der Waals surface area (Å²) in [5, 5.41) is 7.79. The van der Waals surface area contributed by atoms with Crippen LogP contribution in [0.4, 0.5) is 5.13 Å². The van der Waals surface area contributed by atoms with Crippen LogP contribution in [0.25, 0.3) is 0 Å². The molecule has 3 heterocycles. The number of esters is 1. The molecule has 3 rings (SSSR count). The van der Waals surface area contributed by atoms with Crippen molar-refractivity contribution in [2.75, 3.05) is 31.1 Å². The molecule has 2 atom stereocenters. The van der Waals surface area contributed by atoms with Gasteiger partial charge in [-0.2, -0.15) is 0 Å². The maximum Gasteiger partial charge on any atom is 0.350 e. The van der Waals surface area contributed by atoms with Crippen molar-refractivity contribution in [2.45, 2.75) is 59.0 Å². The van der Waals surface area contributed by atoms with Crippen LogP contribution in [-0.4, -0.2) is 65.2 Å². The number of anilines is 1. The van der Waals surface area contributed by atoms with Gasteiger partial charge in [-0.25, -0.2) is 14.8 Å². The summed E-state index contributed by atoms with van der Waals surface area (Å²) in [5.74, 6) is -0.360. The SMILES string of the molecule is CCCN[C@H]1CN(c2nc(C)c(C(=O)OCC)s2)CC[C@@H]1NC(=O)c1nc(Cl)c(CC)[nH]1. The molecule has 0 aliphatic carbocycles. The number of imidazole rings is 1. The van der Waals surface area contributed by atoms with Crippen LogP contribution >= 0.6 is 22.9 Å². The smallest absolute Gasteiger partial charge is 0.350 e. The van der Waals surface area contributed by atoms with E-state index in [2.05, 4.69) is 37.4 Å². The average Bonchev–Trinajstić information content (AvgIpc) is 3.35. The summed E-state index contributed by atoms with van der Waals surface area (Å²) in [4.78, 5) is 39.4. The lowest BCUT2D eigenvalue weighted by molar-refractivity contribution is 0.0531. The summed E-state index contributed by atoms with van der Waals surface area (Å²) in [6, 6.07) is -0.0381. The molecule has 3 N–H and O–H groups in total. The molecule has 0 bridgehead atoms. The number of ether oxygens (including phenoxy) is 1. The van der Waals surface area contributed by atoms with Crippen LogP contribution in [0, 0.1) is 6.92 Å². The molecular weight excluding hydrogens is 452 g/mol.